The third kappa shape index (κ3) is 11.6. The number of nitrogens with one attached hydrogen (secondary N) is 4. The van der Waals surface area contributed by atoms with Gasteiger partial charge in [0.05, 0.1) is 0 Å². The number of sulfonamides is 1. The summed E-state index contributed by atoms with van der Waals surface area (Å²) < 4.78 is 75.3. The summed E-state index contributed by atoms with van der Waals surface area (Å²) in [5.41, 5.74) is -0.762. The minimum atomic E-state index is -5.06. The highest BCUT2D eigenvalue weighted by Gasteiger charge is 2.34. The molecule has 0 saturated heterocycles. The van der Waals surface area contributed by atoms with Crippen LogP contribution in [-0.4, -0.2) is 57.1 Å². The van der Waals surface area contributed by atoms with Crippen molar-refractivity contribution in [2.45, 2.75) is 69.6 Å². The molecule has 0 aromatic heterocycles. The number of ether oxygens (including phenoxy) is 2. The summed E-state index contributed by atoms with van der Waals surface area (Å²) in [7, 11) is -4.27. The molecule has 2 amide bonds. The maximum atomic E-state index is 12.7. The summed E-state index contributed by atoms with van der Waals surface area (Å²) in [6.07, 6.45) is -5.63. The Hall–Kier alpha value is -2.30. The van der Waals surface area contributed by atoms with Gasteiger partial charge < -0.3 is 14.6 Å². The van der Waals surface area contributed by atoms with Crippen LogP contribution in [-0.2, 0) is 14.8 Å². The van der Waals surface area contributed by atoms with E-state index in [4.69, 9.17) is 9.84 Å². The number of halogens is 4. The first-order chi connectivity index (χ1) is 17.4. The van der Waals surface area contributed by atoms with Crippen LogP contribution in [0.5, 0.6) is 5.75 Å². The molecule has 1 saturated carbocycles. The van der Waals surface area contributed by atoms with Gasteiger partial charge in [0.15, 0.2) is 12.0 Å². The first kappa shape index (κ1) is 31.9. The van der Waals surface area contributed by atoms with Crippen molar-refractivity contribution in [2.75, 3.05) is 13.1 Å². The lowest BCUT2D eigenvalue weighted by Gasteiger charge is -2.30. The topological polar surface area (TPSA) is 155 Å². The molecule has 0 radical (unpaired) electrons. The lowest BCUT2D eigenvalue weighted by atomic mass is 9.82. The predicted octanol–water partition coefficient (Wildman–Crippen LogP) is 4.10. The summed E-state index contributed by atoms with van der Waals surface area (Å²) >= 11 is 3.01. The molecule has 2 rings (SSSR count). The van der Waals surface area contributed by atoms with Gasteiger partial charge in [-0.3, -0.25) is 16.0 Å². The average molecular weight is 633 g/mol. The molecule has 0 aliphatic heterocycles. The van der Waals surface area contributed by atoms with E-state index >= 15 is 0 Å². The molecule has 1 aromatic rings. The minimum absolute atomic E-state index is 0.0351. The Morgan fingerprint density at radius 3 is 2.18 bits per heavy atom. The van der Waals surface area contributed by atoms with Gasteiger partial charge in [-0.05, 0) is 76.5 Å². The van der Waals surface area contributed by atoms with Crippen molar-refractivity contribution in [1.29, 1.82) is 0 Å². The van der Waals surface area contributed by atoms with E-state index in [0.29, 0.717) is 32.2 Å². The maximum Gasteiger partial charge on any atom is 0.573 e. The van der Waals surface area contributed by atoms with Crippen LogP contribution >= 0.6 is 15.9 Å². The monoisotopic (exact) mass is 632 g/mol. The Morgan fingerprint density at radius 1 is 1.08 bits per heavy atom. The van der Waals surface area contributed by atoms with Crippen LogP contribution in [0.3, 0.4) is 0 Å². The zero-order valence-corrected chi connectivity index (χ0v) is 23.4. The molecule has 5 N–H and O–H groups in total. The second kappa shape index (κ2) is 13.2. The van der Waals surface area contributed by atoms with Crippen molar-refractivity contribution in [3.8, 4) is 5.75 Å². The number of carboxylic acid groups (broad SMARTS) is 1. The van der Waals surface area contributed by atoms with Crippen molar-refractivity contribution < 1.29 is 45.8 Å². The minimum Gasteiger partial charge on any atom is -0.465 e. The fourth-order valence-electron chi connectivity index (χ4n) is 3.82. The smallest absolute Gasteiger partial charge is 0.465 e. The van der Waals surface area contributed by atoms with Gasteiger partial charge in [0, 0.05) is 17.6 Å². The number of alkyl carbamates (subject to hydrolysis) is 1. The number of rotatable bonds is 10. The Labute approximate surface area is 227 Å². The number of hydrogen-bond acceptors (Lipinski definition) is 7. The Kier molecular flexibility index (Phi) is 11.1. The highest BCUT2D eigenvalue weighted by atomic mass is 79.9. The predicted molar refractivity (Wildman–Crippen MR) is 134 cm³/mol. The molecule has 216 valence electrons. The second-order valence-electron chi connectivity index (χ2n) is 9.81. The van der Waals surface area contributed by atoms with E-state index in [2.05, 4.69) is 41.3 Å². The van der Waals surface area contributed by atoms with Crippen molar-refractivity contribution >= 4 is 38.1 Å². The molecule has 1 aromatic carbocycles. The molecule has 16 heteroatoms. The summed E-state index contributed by atoms with van der Waals surface area (Å²) in [6.45, 7) is 5.43. The second-order valence-corrected chi connectivity index (χ2v) is 12.5. The number of benzene rings is 1. The Bertz CT molecular complexity index is 1080. The lowest BCUT2D eigenvalue weighted by Crippen LogP contribution is -2.57. The maximum absolute atomic E-state index is 12.7. The number of amides is 2. The van der Waals surface area contributed by atoms with Crippen LogP contribution in [0.25, 0.3) is 0 Å². The largest absolute Gasteiger partial charge is 0.573 e. The third-order valence-electron chi connectivity index (χ3n) is 5.49. The zero-order chi connectivity index (χ0) is 28.7. The van der Waals surface area contributed by atoms with Crippen molar-refractivity contribution in [1.82, 2.24) is 20.7 Å². The van der Waals surface area contributed by atoms with Crippen LogP contribution in [0.2, 0.25) is 0 Å². The van der Waals surface area contributed by atoms with E-state index in [1.165, 1.54) is 6.07 Å². The average Bonchev–Trinajstić information content (AvgIpc) is 2.74. The molecular weight excluding hydrogens is 601 g/mol. The SMILES string of the molecule is CC(C)(C)OC(=O)NC(NCC1CCC(CNS(=O)(=O)c2ccc(Br)cc2OC(F)(F)F)CC1)NC(=O)O. The Balaban J connectivity index is 1.87. The van der Waals surface area contributed by atoms with E-state index in [-0.39, 0.29) is 22.9 Å². The molecular formula is C22H32BrF3N4O7S. The molecule has 38 heavy (non-hydrogen) atoms. The quantitative estimate of drug-likeness (QED) is 0.242. The number of alkyl halides is 3. The van der Waals surface area contributed by atoms with Gasteiger partial charge in [-0.15, -0.1) is 13.2 Å². The van der Waals surface area contributed by atoms with Gasteiger partial charge in [0.1, 0.15) is 10.5 Å². The van der Waals surface area contributed by atoms with E-state index in [1.54, 1.807) is 20.8 Å². The molecule has 0 spiro atoms. The van der Waals surface area contributed by atoms with Gasteiger partial charge >= 0.3 is 18.5 Å². The standard InChI is InChI=1S/C22H32BrF3N4O7S/c1-21(2,3)37-20(33)30-18(29-19(31)32)27-11-13-4-6-14(7-5-13)12-28-38(34,35)17-9-8-15(23)10-16(17)36-22(24,25)26/h8-10,13-14,18,27-29H,4-7,11-12H2,1-3H3,(H,30,33)(H,31,32). The van der Waals surface area contributed by atoms with Gasteiger partial charge in [-0.1, -0.05) is 15.9 Å². The Morgan fingerprint density at radius 2 is 1.66 bits per heavy atom. The summed E-state index contributed by atoms with van der Waals surface area (Å²) in [5.74, 6) is -0.755. The molecule has 1 aliphatic carbocycles. The highest BCUT2D eigenvalue weighted by molar-refractivity contribution is 9.10. The molecule has 11 nitrogen and oxygen atoms in total. The summed E-state index contributed by atoms with van der Waals surface area (Å²) in [4.78, 5) is 22.4. The van der Waals surface area contributed by atoms with Gasteiger partial charge in [0.25, 0.3) is 0 Å². The molecule has 1 unspecified atom stereocenters. The first-order valence-corrected chi connectivity index (χ1v) is 14.0. The van der Waals surface area contributed by atoms with Crippen LogP contribution in [0, 0.1) is 11.8 Å². The molecule has 1 fully saturated rings. The highest BCUT2D eigenvalue weighted by Crippen LogP contribution is 2.33. The number of carbonyl (C=O) groups excluding carboxylic acids is 1. The van der Waals surface area contributed by atoms with Gasteiger partial charge in [-0.25, -0.2) is 22.7 Å². The lowest BCUT2D eigenvalue weighted by molar-refractivity contribution is -0.275. The van der Waals surface area contributed by atoms with E-state index in [9.17, 15) is 31.2 Å². The number of hydrogen-bond donors (Lipinski definition) is 5. The van der Waals surface area contributed by atoms with Crippen LogP contribution in [0.4, 0.5) is 22.8 Å². The van der Waals surface area contributed by atoms with Crippen molar-refractivity contribution in [2.24, 2.45) is 11.8 Å². The fourth-order valence-corrected chi connectivity index (χ4v) is 5.39. The fraction of sp³-hybridized carbons (Fsp3) is 0.636. The van der Waals surface area contributed by atoms with Crippen LogP contribution < -0.4 is 25.4 Å². The molecule has 1 aliphatic rings. The number of carbonyl (C=O) groups is 2. The molecule has 0 heterocycles. The van der Waals surface area contributed by atoms with Crippen molar-refractivity contribution in [3.63, 3.8) is 0 Å². The summed E-state index contributed by atoms with van der Waals surface area (Å²) in [5, 5.41) is 16.5. The normalized spacial score (nSPS) is 19.3. The van der Waals surface area contributed by atoms with E-state index in [1.807, 2.05) is 0 Å². The zero-order valence-electron chi connectivity index (χ0n) is 21.0. The van der Waals surface area contributed by atoms with Crippen molar-refractivity contribution in [3.05, 3.63) is 22.7 Å². The van der Waals surface area contributed by atoms with Gasteiger partial charge in [0.2, 0.25) is 10.0 Å². The van der Waals surface area contributed by atoms with Crippen LogP contribution in [0.1, 0.15) is 46.5 Å². The van der Waals surface area contributed by atoms with Crippen LogP contribution in [0.15, 0.2) is 27.6 Å². The molecule has 1 atom stereocenters. The van der Waals surface area contributed by atoms with E-state index < -0.39 is 51.1 Å². The third-order valence-corrected chi connectivity index (χ3v) is 7.45. The molecule has 0 bridgehead atoms. The summed E-state index contributed by atoms with van der Waals surface area (Å²) in [6, 6.07) is 3.27. The first-order valence-electron chi connectivity index (χ1n) is 11.7. The van der Waals surface area contributed by atoms with Gasteiger partial charge in [-0.2, -0.15) is 0 Å². The van der Waals surface area contributed by atoms with E-state index in [0.717, 1.165) is 12.1 Å².